The molecule has 26 heavy (non-hydrogen) atoms. The lowest BCUT2D eigenvalue weighted by Crippen LogP contribution is -2.31. The van der Waals surface area contributed by atoms with Crippen molar-refractivity contribution in [2.24, 2.45) is 0 Å². The van der Waals surface area contributed by atoms with Crippen LogP contribution in [0.4, 0.5) is 0 Å². The molecule has 0 aliphatic rings. The molecular weight excluding hydrogens is 344 g/mol. The van der Waals surface area contributed by atoms with E-state index in [2.05, 4.69) is 41.8 Å². The van der Waals surface area contributed by atoms with Gasteiger partial charge in [0.1, 0.15) is 0 Å². The fourth-order valence-corrected chi connectivity index (χ4v) is 3.56. The van der Waals surface area contributed by atoms with Crippen LogP contribution in [0.2, 0.25) is 0 Å². The van der Waals surface area contributed by atoms with Gasteiger partial charge in [-0.25, -0.2) is 0 Å². The Labute approximate surface area is 160 Å². The van der Waals surface area contributed by atoms with Crippen LogP contribution in [0.3, 0.4) is 0 Å². The summed E-state index contributed by atoms with van der Waals surface area (Å²) in [5.41, 5.74) is 2.37. The molecule has 1 heterocycles. The van der Waals surface area contributed by atoms with Gasteiger partial charge in [-0.1, -0.05) is 50.6 Å². The Hall–Kier alpha value is -2.14. The normalized spacial score (nSPS) is 11.8. The Balaban J connectivity index is 2.01. The number of carbonyl (C=O) groups is 2. The van der Waals surface area contributed by atoms with Crippen LogP contribution in [0.25, 0.3) is 0 Å². The van der Waals surface area contributed by atoms with Crippen molar-refractivity contribution in [3.63, 3.8) is 0 Å². The largest absolute Gasteiger partial charge is 0.356 e. The number of amides is 2. The lowest BCUT2D eigenvalue weighted by atomic mass is 10.0. The van der Waals surface area contributed by atoms with Gasteiger partial charge in [0.15, 0.2) is 0 Å². The van der Waals surface area contributed by atoms with E-state index < -0.39 is 0 Å². The van der Waals surface area contributed by atoms with Crippen molar-refractivity contribution in [3.8, 4) is 0 Å². The molecule has 0 saturated carbocycles. The lowest BCUT2D eigenvalue weighted by molar-refractivity contribution is -0.126. The number of carbonyl (C=O) groups excluding carboxylic acids is 2. The van der Waals surface area contributed by atoms with Crippen LogP contribution in [-0.4, -0.2) is 18.4 Å². The van der Waals surface area contributed by atoms with E-state index in [0.717, 1.165) is 29.7 Å². The van der Waals surface area contributed by atoms with E-state index in [9.17, 15) is 9.59 Å². The summed E-state index contributed by atoms with van der Waals surface area (Å²) in [7, 11) is 0. The lowest BCUT2D eigenvalue weighted by Gasteiger charge is -2.18. The zero-order valence-corrected chi connectivity index (χ0v) is 16.4. The van der Waals surface area contributed by atoms with Crippen LogP contribution in [0.1, 0.15) is 61.6 Å². The summed E-state index contributed by atoms with van der Waals surface area (Å²) in [6.45, 7) is 4.83. The highest BCUT2D eigenvalue weighted by Gasteiger charge is 2.18. The molecule has 5 heteroatoms. The summed E-state index contributed by atoms with van der Waals surface area (Å²) in [5.74, 6) is -0.175. The van der Waals surface area contributed by atoms with Crippen LogP contribution in [0, 0.1) is 0 Å². The second-order valence-electron chi connectivity index (χ2n) is 6.36. The van der Waals surface area contributed by atoms with Gasteiger partial charge in [-0.05, 0) is 35.4 Å². The van der Waals surface area contributed by atoms with Gasteiger partial charge in [0.2, 0.25) is 11.8 Å². The quantitative estimate of drug-likeness (QED) is 0.656. The minimum Gasteiger partial charge on any atom is -0.356 e. The molecule has 0 saturated heterocycles. The van der Waals surface area contributed by atoms with E-state index in [1.807, 2.05) is 24.4 Å². The highest BCUT2D eigenvalue weighted by atomic mass is 32.1. The Morgan fingerprint density at radius 2 is 1.73 bits per heavy atom. The van der Waals surface area contributed by atoms with Gasteiger partial charge in [0.25, 0.3) is 0 Å². The van der Waals surface area contributed by atoms with Gasteiger partial charge in [-0.3, -0.25) is 9.59 Å². The van der Waals surface area contributed by atoms with E-state index in [1.165, 1.54) is 5.56 Å². The number of benzene rings is 1. The second-order valence-corrected chi connectivity index (χ2v) is 7.34. The van der Waals surface area contributed by atoms with E-state index in [1.54, 1.807) is 11.3 Å². The maximum atomic E-state index is 12.4. The molecule has 1 aromatic carbocycles. The molecule has 2 amide bonds. The Kier molecular flexibility index (Phi) is 8.35. The highest BCUT2D eigenvalue weighted by Crippen LogP contribution is 2.26. The van der Waals surface area contributed by atoms with Gasteiger partial charge >= 0.3 is 0 Å². The fraction of sp³-hybridized carbons (Fsp3) is 0.429. The van der Waals surface area contributed by atoms with Crippen molar-refractivity contribution in [2.45, 2.75) is 52.0 Å². The molecule has 1 atom stereocenters. The van der Waals surface area contributed by atoms with Gasteiger partial charge in [-0.15, -0.1) is 11.3 Å². The SMILES string of the molecule is CCCNC(=O)CCC(=O)NC(c1ccc(CCC)cc1)c1cccs1. The van der Waals surface area contributed by atoms with Crippen molar-refractivity contribution in [3.05, 3.63) is 57.8 Å². The Bertz CT molecular complexity index is 681. The molecule has 2 rings (SSSR count). The van der Waals surface area contributed by atoms with E-state index >= 15 is 0 Å². The number of nitrogens with one attached hydrogen (secondary N) is 2. The van der Waals surface area contributed by atoms with Crippen LogP contribution >= 0.6 is 11.3 Å². The number of thiophene rings is 1. The zero-order valence-electron chi connectivity index (χ0n) is 15.6. The standard InChI is InChI=1S/C21H28N2O2S/c1-3-6-16-8-10-17(11-9-16)21(18-7-5-15-26-18)23-20(25)13-12-19(24)22-14-4-2/h5,7-11,15,21H,3-4,6,12-14H2,1-2H3,(H,22,24)(H,23,25). The molecule has 0 fully saturated rings. The molecule has 2 N–H and O–H groups in total. The molecule has 4 nitrogen and oxygen atoms in total. The maximum absolute atomic E-state index is 12.4. The minimum absolute atomic E-state index is 0.0707. The first kappa shape index (κ1) is 20.2. The summed E-state index contributed by atoms with van der Waals surface area (Å²) in [5, 5.41) is 7.90. The van der Waals surface area contributed by atoms with Crippen LogP contribution in [-0.2, 0) is 16.0 Å². The van der Waals surface area contributed by atoms with Gasteiger partial charge in [-0.2, -0.15) is 0 Å². The van der Waals surface area contributed by atoms with Gasteiger partial charge in [0.05, 0.1) is 6.04 Å². The van der Waals surface area contributed by atoms with Gasteiger partial charge in [0, 0.05) is 24.3 Å². The first-order valence-corrected chi connectivity index (χ1v) is 10.2. The predicted octanol–water partition coefficient (Wildman–Crippen LogP) is 4.21. The van der Waals surface area contributed by atoms with Crippen molar-refractivity contribution in [1.29, 1.82) is 0 Å². The van der Waals surface area contributed by atoms with Crippen LogP contribution < -0.4 is 10.6 Å². The minimum atomic E-state index is -0.170. The Morgan fingerprint density at radius 1 is 1.00 bits per heavy atom. The smallest absolute Gasteiger partial charge is 0.221 e. The first-order valence-electron chi connectivity index (χ1n) is 9.32. The number of hydrogen-bond acceptors (Lipinski definition) is 3. The monoisotopic (exact) mass is 372 g/mol. The summed E-state index contributed by atoms with van der Waals surface area (Å²) >= 11 is 1.62. The maximum Gasteiger partial charge on any atom is 0.221 e. The second kappa shape index (κ2) is 10.8. The molecule has 140 valence electrons. The molecule has 0 radical (unpaired) electrons. The van der Waals surface area contributed by atoms with E-state index in [-0.39, 0.29) is 30.7 Å². The van der Waals surface area contributed by atoms with Crippen LogP contribution in [0.15, 0.2) is 41.8 Å². The zero-order chi connectivity index (χ0) is 18.8. The van der Waals surface area contributed by atoms with Crippen molar-refractivity contribution < 1.29 is 9.59 Å². The molecule has 1 unspecified atom stereocenters. The summed E-state index contributed by atoms with van der Waals surface area (Å²) < 4.78 is 0. The molecule has 1 aromatic heterocycles. The summed E-state index contributed by atoms with van der Waals surface area (Å²) in [6.07, 6.45) is 3.49. The molecular formula is C21H28N2O2S. The topological polar surface area (TPSA) is 58.2 Å². The predicted molar refractivity (Wildman–Crippen MR) is 107 cm³/mol. The summed E-state index contributed by atoms with van der Waals surface area (Å²) in [4.78, 5) is 25.2. The summed E-state index contributed by atoms with van der Waals surface area (Å²) in [6, 6.07) is 12.3. The van der Waals surface area contributed by atoms with Crippen molar-refractivity contribution >= 4 is 23.2 Å². The van der Waals surface area contributed by atoms with Crippen molar-refractivity contribution in [2.75, 3.05) is 6.54 Å². The number of hydrogen-bond donors (Lipinski definition) is 2. The average molecular weight is 373 g/mol. The Morgan fingerprint density at radius 3 is 2.35 bits per heavy atom. The molecule has 0 aliphatic carbocycles. The van der Waals surface area contributed by atoms with Crippen LogP contribution in [0.5, 0.6) is 0 Å². The number of aryl methyl sites for hydroxylation is 1. The fourth-order valence-electron chi connectivity index (χ4n) is 2.75. The third kappa shape index (κ3) is 6.30. The molecule has 0 bridgehead atoms. The van der Waals surface area contributed by atoms with E-state index in [0.29, 0.717) is 6.54 Å². The molecule has 0 aliphatic heterocycles. The third-order valence-electron chi connectivity index (χ3n) is 4.14. The van der Waals surface area contributed by atoms with Crippen molar-refractivity contribution in [1.82, 2.24) is 10.6 Å². The highest BCUT2D eigenvalue weighted by molar-refractivity contribution is 7.10. The molecule has 2 aromatic rings. The van der Waals surface area contributed by atoms with Gasteiger partial charge < -0.3 is 10.6 Å². The molecule has 0 spiro atoms. The average Bonchev–Trinajstić information content (AvgIpc) is 3.18. The van der Waals surface area contributed by atoms with E-state index in [4.69, 9.17) is 0 Å². The first-order chi connectivity index (χ1) is 12.6. The number of rotatable bonds is 10. The third-order valence-corrected chi connectivity index (χ3v) is 5.07.